The highest BCUT2D eigenvalue weighted by atomic mass is 13.9. The van der Waals surface area contributed by atoms with Crippen molar-refractivity contribution in [3.8, 4) is 11.8 Å². The molecule has 0 atom stereocenters. The second kappa shape index (κ2) is 4.68. The van der Waals surface area contributed by atoms with Crippen LogP contribution in [0.3, 0.4) is 0 Å². The molecule has 0 N–H and O–H groups in total. The quantitative estimate of drug-likeness (QED) is 0.576. The lowest BCUT2D eigenvalue weighted by Crippen LogP contribution is -1.81. The van der Waals surface area contributed by atoms with Crippen LogP contribution < -0.4 is 0 Å². The highest BCUT2D eigenvalue weighted by Crippen LogP contribution is 2.06. The van der Waals surface area contributed by atoms with E-state index in [2.05, 4.69) is 50.0 Å². The van der Waals surface area contributed by atoms with Crippen LogP contribution >= 0.6 is 0 Å². The number of hydrogen-bond donors (Lipinski definition) is 0. The van der Waals surface area contributed by atoms with Crippen LogP contribution in [-0.2, 0) is 0 Å². The van der Waals surface area contributed by atoms with Gasteiger partial charge < -0.3 is 0 Å². The Morgan fingerprint density at radius 2 is 1.62 bits per heavy atom. The van der Waals surface area contributed by atoms with Gasteiger partial charge in [-0.2, -0.15) is 0 Å². The van der Waals surface area contributed by atoms with Crippen LogP contribution in [0.15, 0.2) is 48.5 Å². The second-order valence-electron chi connectivity index (χ2n) is 3.93. The van der Waals surface area contributed by atoms with Gasteiger partial charge in [0.2, 0.25) is 0 Å². The highest BCUT2D eigenvalue weighted by Gasteiger charge is 1.91. The van der Waals surface area contributed by atoms with Crippen molar-refractivity contribution in [3.05, 3.63) is 70.8 Å². The van der Waals surface area contributed by atoms with Crippen molar-refractivity contribution in [2.24, 2.45) is 0 Å². The first-order valence-electron chi connectivity index (χ1n) is 5.40. The Balaban J connectivity index is 2.32. The third kappa shape index (κ3) is 2.52. The number of aryl methyl sites for hydroxylation is 2. The van der Waals surface area contributed by atoms with Gasteiger partial charge in [0, 0.05) is 11.1 Å². The van der Waals surface area contributed by atoms with Crippen molar-refractivity contribution < 1.29 is 0 Å². The zero-order chi connectivity index (χ0) is 11.4. The topological polar surface area (TPSA) is 0 Å². The first kappa shape index (κ1) is 10.5. The second-order valence-corrected chi connectivity index (χ2v) is 3.93. The third-order valence-corrected chi connectivity index (χ3v) is 2.50. The van der Waals surface area contributed by atoms with E-state index < -0.39 is 0 Å². The van der Waals surface area contributed by atoms with Crippen molar-refractivity contribution >= 4 is 0 Å². The molecule has 0 nitrogen and oxygen atoms in total. The van der Waals surface area contributed by atoms with Gasteiger partial charge in [-0.3, -0.25) is 0 Å². The number of hydrogen-bond acceptors (Lipinski definition) is 0. The summed E-state index contributed by atoms with van der Waals surface area (Å²) in [5.74, 6) is 6.40. The monoisotopic (exact) mass is 206 g/mol. The minimum absolute atomic E-state index is 1.07. The molecule has 0 heteroatoms. The van der Waals surface area contributed by atoms with Crippen LogP contribution in [-0.4, -0.2) is 0 Å². The van der Waals surface area contributed by atoms with E-state index in [0.717, 1.165) is 11.1 Å². The smallest absolute Gasteiger partial charge is 0.0278 e. The standard InChI is InChI=1S/C16H14/c1-13-6-5-8-15(12-13)10-11-16-9-4-3-7-14(16)2/h3-9,12H,1-2H3. The number of benzene rings is 2. The largest absolute Gasteiger partial charge is 0.0619 e. The van der Waals surface area contributed by atoms with E-state index in [-0.39, 0.29) is 0 Å². The molecule has 0 aliphatic heterocycles. The fourth-order valence-corrected chi connectivity index (χ4v) is 1.58. The normalized spacial score (nSPS) is 9.38. The molecule has 2 rings (SSSR count). The van der Waals surface area contributed by atoms with Gasteiger partial charge in [0.15, 0.2) is 0 Å². The molecule has 0 saturated heterocycles. The molecular formula is C16H14. The molecule has 0 aliphatic rings. The Morgan fingerprint density at radius 1 is 0.812 bits per heavy atom. The van der Waals surface area contributed by atoms with Gasteiger partial charge in [0.05, 0.1) is 0 Å². The molecule has 0 bridgehead atoms. The molecule has 0 fully saturated rings. The minimum atomic E-state index is 1.07. The molecule has 2 aromatic carbocycles. The average molecular weight is 206 g/mol. The van der Waals surface area contributed by atoms with Gasteiger partial charge in [0.1, 0.15) is 0 Å². The fraction of sp³-hybridized carbons (Fsp3) is 0.125. The molecule has 0 aromatic heterocycles. The van der Waals surface area contributed by atoms with Gasteiger partial charge in [-0.25, -0.2) is 0 Å². The van der Waals surface area contributed by atoms with Gasteiger partial charge in [-0.15, -0.1) is 0 Å². The molecule has 78 valence electrons. The zero-order valence-electron chi connectivity index (χ0n) is 9.62. The van der Waals surface area contributed by atoms with E-state index in [1.165, 1.54) is 11.1 Å². The minimum Gasteiger partial charge on any atom is -0.0619 e. The van der Waals surface area contributed by atoms with Crippen LogP contribution in [0, 0.1) is 25.7 Å². The summed E-state index contributed by atoms with van der Waals surface area (Å²) in [6, 6.07) is 16.5. The first-order chi connectivity index (χ1) is 7.75. The Labute approximate surface area is 96.9 Å². The van der Waals surface area contributed by atoms with Gasteiger partial charge >= 0.3 is 0 Å². The molecule has 0 radical (unpaired) electrons. The third-order valence-electron chi connectivity index (χ3n) is 2.50. The summed E-state index contributed by atoms with van der Waals surface area (Å²) in [4.78, 5) is 0. The highest BCUT2D eigenvalue weighted by molar-refractivity contribution is 5.46. The first-order valence-corrected chi connectivity index (χ1v) is 5.40. The molecule has 0 heterocycles. The summed E-state index contributed by atoms with van der Waals surface area (Å²) in [6.07, 6.45) is 0. The SMILES string of the molecule is Cc1cccc(C#Cc2ccccc2C)c1. The van der Waals surface area contributed by atoms with Crippen molar-refractivity contribution in [3.63, 3.8) is 0 Å². The maximum absolute atomic E-state index is 3.21. The van der Waals surface area contributed by atoms with Gasteiger partial charge in [-0.05, 0) is 43.2 Å². The Kier molecular flexibility index (Phi) is 3.08. The lowest BCUT2D eigenvalue weighted by molar-refractivity contribution is 1.43. The average Bonchev–Trinajstić information content (AvgIpc) is 2.28. The van der Waals surface area contributed by atoms with E-state index in [1.807, 2.05) is 24.3 Å². The Bertz CT molecular complexity index is 553. The predicted molar refractivity (Wildman–Crippen MR) is 68.3 cm³/mol. The van der Waals surface area contributed by atoms with Crippen molar-refractivity contribution in [1.29, 1.82) is 0 Å². The summed E-state index contributed by atoms with van der Waals surface area (Å²) < 4.78 is 0. The molecule has 0 spiro atoms. The van der Waals surface area contributed by atoms with Crippen LogP contribution in [0.5, 0.6) is 0 Å². The van der Waals surface area contributed by atoms with Gasteiger partial charge in [-0.1, -0.05) is 42.2 Å². The van der Waals surface area contributed by atoms with E-state index in [1.54, 1.807) is 0 Å². The molecule has 0 amide bonds. The maximum atomic E-state index is 3.21. The van der Waals surface area contributed by atoms with Gasteiger partial charge in [0.25, 0.3) is 0 Å². The lowest BCUT2D eigenvalue weighted by Gasteiger charge is -1.95. The van der Waals surface area contributed by atoms with E-state index >= 15 is 0 Å². The van der Waals surface area contributed by atoms with Crippen molar-refractivity contribution in [2.75, 3.05) is 0 Å². The summed E-state index contributed by atoms with van der Waals surface area (Å²) in [5.41, 5.74) is 4.64. The van der Waals surface area contributed by atoms with Crippen LogP contribution in [0.25, 0.3) is 0 Å². The van der Waals surface area contributed by atoms with Crippen LogP contribution in [0.1, 0.15) is 22.3 Å². The molecule has 0 aliphatic carbocycles. The zero-order valence-corrected chi connectivity index (χ0v) is 9.62. The Morgan fingerprint density at radius 3 is 2.38 bits per heavy atom. The summed E-state index contributed by atoms with van der Waals surface area (Å²) in [5, 5.41) is 0. The van der Waals surface area contributed by atoms with Crippen molar-refractivity contribution in [2.45, 2.75) is 13.8 Å². The molecule has 0 unspecified atom stereocenters. The van der Waals surface area contributed by atoms with Crippen LogP contribution in [0.2, 0.25) is 0 Å². The van der Waals surface area contributed by atoms with E-state index in [9.17, 15) is 0 Å². The summed E-state index contributed by atoms with van der Waals surface area (Å²) in [7, 11) is 0. The predicted octanol–water partition coefficient (Wildman–Crippen LogP) is 3.70. The van der Waals surface area contributed by atoms with Crippen molar-refractivity contribution in [1.82, 2.24) is 0 Å². The molecular weight excluding hydrogens is 192 g/mol. The number of rotatable bonds is 0. The maximum Gasteiger partial charge on any atom is 0.0278 e. The fourth-order valence-electron chi connectivity index (χ4n) is 1.58. The van der Waals surface area contributed by atoms with Crippen LogP contribution in [0.4, 0.5) is 0 Å². The lowest BCUT2D eigenvalue weighted by atomic mass is 10.1. The Hall–Kier alpha value is -2.00. The van der Waals surface area contributed by atoms with E-state index in [4.69, 9.17) is 0 Å². The van der Waals surface area contributed by atoms with E-state index in [0.29, 0.717) is 0 Å². The molecule has 16 heavy (non-hydrogen) atoms. The molecule has 0 saturated carbocycles. The molecule has 2 aromatic rings. The summed E-state index contributed by atoms with van der Waals surface area (Å²) >= 11 is 0. The summed E-state index contributed by atoms with van der Waals surface area (Å²) in [6.45, 7) is 4.17.